The summed E-state index contributed by atoms with van der Waals surface area (Å²) in [6.45, 7) is 2.97. The monoisotopic (exact) mass is 214 g/mol. The molecule has 0 saturated carbocycles. The van der Waals surface area contributed by atoms with Crippen LogP contribution in [0, 0.1) is 0 Å². The van der Waals surface area contributed by atoms with E-state index >= 15 is 0 Å². The van der Waals surface area contributed by atoms with E-state index < -0.39 is 5.97 Å². The van der Waals surface area contributed by atoms with Crippen LogP contribution in [0.1, 0.15) is 23.2 Å². The molecule has 0 bridgehead atoms. The van der Waals surface area contributed by atoms with Crippen LogP contribution in [0.25, 0.3) is 0 Å². The van der Waals surface area contributed by atoms with Gasteiger partial charge in [-0.25, -0.2) is 4.79 Å². The molecule has 1 atom stereocenters. The van der Waals surface area contributed by atoms with Gasteiger partial charge in [-0.2, -0.15) is 0 Å². The molecule has 84 valence electrons. The summed E-state index contributed by atoms with van der Waals surface area (Å²) < 4.78 is 9.75. The van der Waals surface area contributed by atoms with Crippen molar-refractivity contribution in [3.05, 3.63) is 17.5 Å². The van der Waals surface area contributed by atoms with Gasteiger partial charge in [0, 0.05) is 19.2 Å². The molecule has 15 heavy (non-hydrogen) atoms. The average molecular weight is 214 g/mol. The number of aromatic carboxylic acids is 1. The summed E-state index contributed by atoms with van der Waals surface area (Å²) in [7, 11) is 1.62. The maximum absolute atomic E-state index is 10.5. The van der Waals surface area contributed by atoms with Gasteiger partial charge >= 0.3 is 5.97 Å². The van der Waals surface area contributed by atoms with Gasteiger partial charge in [0.05, 0.1) is 13.2 Å². The van der Waals surface area contributed by atoms with E-state index in [-0.39, 0.29) is 11.7 Å². The maximum Gasteiger partial charge on any atom is 0.358 e. The smallest absolute Gasteiger partial charge is 0.358 e. The Morgan fingerprint density at radius 1 is 1.80 bits per heavy atom. The number of nitrogens with one attached hydrogen (secondary N) is 1. The van der Waals surface area contributed by atoms with Crippen molar-refractivity contribution < 1.29 is 19.2 Å². The number of ether oxygens (including phenoxy) is 1. The predicted octanol–water partition coefficient (Wildman–Crippen LogP) is 0.497. The van der Waals surface area contributed by atoms with Gasteiger partial charge < -0.3 is 19.7 Å². The second-order valence-corrected chi connectivity index (χ2v) is 3.22. The first kappa shape index (κ1) is 11.7. The SMILES string of the molecule is COCC(C)NCc1cc(C(=O)O)no1. The quantitative estimate of drug-likeness (QED) is 0.717. The molecule has 0 aliphatic rings. The molecule has 1 aromatic rings. The van der Waals surface area contributed by atoms with E-state index in [0.717, 1.165) is 0 Å². The van der Waals surface area contributed by atoms with Gasteiger partial charge in [0.15, 0.2) is 11.5 Å². The van der Waals surface area contributed by atoms with Crippen LogP contribution in [0.2, 0.25) is 0 Å². The molecule has 6 heteroatoms. The summed E-state index contributed by atoms with van der Waals surface area (Å²) in [4.78, 5) is 10.5. The summed E-state index contributed by atoms with van der Waals surface area (Å²) >= 11 is 0. The van der Waals surface area contributed by atoms with E-state index in [1.165, 1.54) is 6.07 Å². The highest BCUT2D eigenvalue weighted by atomic mass is 16.5. The molecule has 1 rings (SSSR count). The fourth-order valence-corrected chi connectivity index (χ4v) is 1.08. The number of carboxylic acid groups (broad SMARTS) is 1. The third kappa shape index (κ3) is 3.69. The molecule has 0 saturated heterocycles. The lowest BCUT2D eigenvalue weighted by molar-refractivity contribution is 0.0685. The summed E-state index contributed by atoms with van der Waals surface area (Å²) in [5, 5.41) is 15.1. The highest BCUT2D eigenvalue weighted by Gasteiger charge is 2.10. The molecule has 0 aromatic carbocycles. The van der Waals surface area contributed by atoms with Crippen molar-refractivity contribution in [2.75, 3.05) is 13.7 Å². The second-order valence-electron chi connectivity index (χ2n) is 3.22. The van der Waals surface area contributed by atoms with E-state index in [9.17, 15) is 4.79 Å². The van der Waals surface area contributed by atoms with Gasteiger partial charge in [-0.3, -0.25) is 0 Å². The number of aromatic nitrogens is 1. The largest absolute Gasteiger partial charge is 0.476 e. The zero-order chi connectivity index (χ0) is 11.3. The first-order chi connectivity index (χ1) is 7.13. The average Bonchev–Trinajstić information content (AvgIpc) is 2.63. The Morgan fingerprint density at radius 3 is 3.07 bits per heavy atom. The number of methoxy groups -OCH3 is 1. The molecule has 0 aliphatic carbocycles. The van der Waals surface area contributed by atoms with Gasteiger partial charge in [0.25, 0.3) is 0 Å². The van der Waals surface area contributed by atoms with Crippen molar-refractivity contribution in [3.8, 4) is 0 Å². The molecule has 1 aromatic heterocycles. The van der Waals surface area contributed by atoms with Crippen molar-refractivity contribution >= 4 is 5.97 Å². The summed E-state index contributed by atoms with van der Waals surface area (Å²) in [5.41, 5.74) is -0.0776. The fourth-order valence-electron chi connectivity index (χ4n) is 1.08. The molecule has 6 nitrogen and oxygen atoms in total. The number of hydrogen-bond acceptors (Lipinski definition) is 5. The Hall–Kier alpha value is -1.40. The Bertz CT molecular complexity index is 324. The molecule has 1 heterocycles. The minimum absolute atomic E-state index is 0.0776. The van der Waals surface area contributed by atoms with E-state index in [0.29, 0.717) is 18.9 Å². The molecule has 0 aliphatic heterocycles. The Morgan fingerprint density at radius 2 is 2.53 bits per heavy atom. The molecule has 0 spiro atoms. The lowest BCUT2D eigenvalue weighted by atomic mass is 10.3. The van der Waals surface area contributed by atoms with Crippen LogP contribution in [0.3, 0.4) is 0 Å². The van der Waals surface area contributed by atoms with Crippen LogP contribution in [0.4, 0.5) is 0 Å². The van der Waals surface area contributed by atoms with Crippen molar-refractivity contribution in [2.45, 2.75) is 19.5 Å². The number of hydrogen-bond donors (Lipinski definition) is 2. The van der Waals surface area contributed by atoms with Crippen molar-refractivity contribution in [3.63, 3.8) is 0 Å². The fraction of sp³-hybridized carbons (Fsp3) is 0.556. The zero-order valence-corrected chi connectivity index (χ0v) is 8.69. The standard InChI is InChI=1S/C9H14N2O4/c1-6(5-14-2)10-4-7-3-8(9(12)13)11-15-7/h3,6,10H,4-5H2,1-2H3,(H,12,13). The summed E-state index contributed by atoms with van der Waals surface area (Å²) in [5.74, 6) is -0.592. The van der Waals surface area contributed by atoms with Crippen LogP contribution in [0.5, 0.6) is 0 Å². The van der Waals surface area contributed by atoms with Gasteiger partial charge in [0.2, 0.25) is 0 Å². The van der Waals surface area contributed by atoms with Crippen LogP contribution in [-0.2, 0) is 11.3 Å². The molecular formula is C9H14N2O4. The second kappa shape index (κ2) is 5.47. The van der Waals surface area contributed by atoms with Crippen LogP contribution in [-0.4, -0.2) is 36.0 Å². The lowest BCUT2D eigenvalue weighted by Crippen LogP contribution is -2.29. The highest BCUT2D eigenvalue weighted by molar-refractivity contribution is 5.85. The van der Waals surface area contributed by atoms with Crippen LogP contribution >= 0.6 is 0 Å². The van der Waals surface area contributed by atoms with E-state index in [2.05, 4.69) is 10.5 Å². The zero-order valence-electron chi connectivity index (χ0n) is 8.69. The van der Waals surface area contributed by atoms with Crippen LogP contribution < -0.4 is 5.32 Å². The Balaban J connectivity index is 2.40. The Kier molecular flexibility index (Phi) is 4.26. The van der Waals surface area contributed by atoms with E-state index in [1.807, 2.05) is 6.92 Å². The van der Waals surface area contributed by atoms with E-state index in [4.69, 9.17) is 14.4 Å². The van der Waals surface area contributed by atoms with Gasteiger partial charge in [0.1, 0.15) is 0 Å². The number of nitrogens with zero attached hydrogens (tertiary/aromatic N) is 1. The minimum Gasteiger partial charge on any atom is -0.476 e. The number of carbonyl (C=O) groups is 1. The predicted molar refractivity (Wildman–Crippen MR) is 51.6 cm³/mol. The molecule has 0 fully saturated rings. The highest BCUT2D eigenvalue weighted by Crippen LogP contribution is 2.03. The molecule has 0 amide bonds. The van der Waals surface area contributed by atoms with Crippen molar-refractivity contribution in [2.24, 2.45) is 0 Å². The van der Waals surface area contributed by atoms with Crippen molar-refractivity contribution in [1.29, 1.82) is 0 Å². The first-order valence-electron chi connectivity index (χ1n) is 4.54. The number of carboxylic acids is 1. The topological polar surface area (TPSA) is 84.6 Å². The minimum atomic E-state index is -1.09. The summed E-state index contributed by atoms with van der Waals surface area (Å²) in [6.07, 6.45) is 0. The molecule has 2 N–H and O–H groups in total. The maximum atomic E-state index is 10.5. The molecular weight excluding hydrogens is 200 g/mol. The Labute approximate surface area is 87.2 Å². The van der Waals surface area contributed by atoms with Gasteiger partial charge in [-0.15, -0.1) is 0 Å². The first-order valence-corrected chi connectivity index (χ1v) is 4.54. The van der Waals surface area contributed by atoms with Crippen molar-refractivity contribution in [1.82, 2.24) is 10.5 Å². The lowest BCUT2D eigenvalue weighted by Gasteiger charge is -2.10. The third-order valence-electron chi connectivity index (χ3n) is 1.82. The van der Waals surface area contributed by atoms with Crippen LogP contribution in [0.15, 0.2) is 10.6 Å². The molecule has 0 radical (unpaired) electrons. The summed E-state index contributed by atoms with van der Waals surface area (Å²) in [6, 6.07) is 1.57. The molecule has 1 unspecified atom stereocenters. The normalized spacial score (nSPS) is 12.7. The third-order valence-corrected chi connectivity index (χ3v) is 1.82. The number of rotatable bonds is 6. The van der Waals surface area contributed by atoms with Gasteiger partial charge in [-0.05, 0) is 6.92 Å². The van der Waals surface area contributed by atoms with E-state index in [1.54, 1.807) is 7.11 Å². The van der Waals surface area contributed by atoms with Gasteiger partial charge in [-0.1, -0.05) is 5.16 Å².